The Balaban J connectivity index is 2.37. The molecule has 0 heterocycles. The second kappa shape index (κ2) is 6.66. The molecule has 0 aromatic heterocycles. The van der Waals surface area contributed by atoms with Crippen LogP contribution in [0, 0.1) is 0 Å². The molecule has 2 rings (SSSR count). The zero-order valence-corrected chi connectivity index (χ0v) is 11.6. The van der Waals surface area contributed by atoms with Crippen LogP contribution in [-0.4, -0.2) is 13.2 Å². The molecule has 102 valence electrons. The Bertz CT molecular complexity index is 533. The van der Waals surface area contributed by atoms with Crippen molar-refractivity contribution in [3.05, 3.63) is 47.5 Å². The Morgan fingerprint density at radius 3 is 2.26 bits per heavy atom. The number of ether oxygens (including phenoxy) is 2. The standard InChI is InChI=1S/C16H21NO2/c1-3-18-16(19-4-2)14-8-7-13-6-5-12(11-17)9-15(13)10-14/h5-10,16H,3-4,11,17H2,1-2H3. The Hall–Kier alpha value is -1.42. The number of benzene rings is 2. The topological polar surface area (TPSA) is 44.5 Å². The highest BCUT2D eigenvalue weighted by Crippen LogP contribution is 2.24. The van der Waals surface area contributed by atoms with Gasteiger partial charge < -0.3 is 15.2 Å². The van der Waals surface area contributed by atoms with Crippen molar-refractivity contribution in [2.24, 2.45) is 5.73 Å². The van der Waals surface area contributed by atoms with E-state index in [4.69, 9.17) is 15.2 Å². The lowest BCUT2D eigenvalue weighted by Gasteiger charge is -2.17. The summed E-state index contributed by atoms with van der Waals surface area (Å²) < 4.78 is 11.3. The first-order valence-corrected chi connectivity index (χ1v) is 6.74. The van der Waals surface area contributed by atoms with E-state index in [1.165, 1.54) is 10.8 Å². The van der Waals surface area contributed by atoms with Crippen LogP contribution < -0.4 is 5.73 Å². The SMILES string of the molecule is CCOC(OCC)c1ccc2ccc(CN)cc2c1. The summed E-state index contributed by atoms with van der Waals surface area (Å²) in [5.74, 6) is 0. The Morgan fingerprint density at radius 1 is 0.947 bits per heavy atom. The fraction of sp³-hybridized carbons (Fsp3) is 0.375. The van der Waals surface area contributed by atoms with E-state index in [0.29, 0.717) is 19.8 Å². The first-order valence-electron chi connectivity index (χ1n) is 6.74. The van der Waals surface area contributed by atoms with Crippen molar-refractivity contribution in [3.8, 4) is 0 Å². The van der Waals surface area contributed by atoms with Crippen LogP contribution in [0.3, 0.4) is 0 Å². The van der Waals surface area contributed by atoms with Crippen molar-refractivity contribution < 1.29 is 9.47 Å². The summed E-state index contributed by atoms with van der Waals surface area (Å²) >= 11 is 0. The molecule has 0 saturated heterocycles. The van der Waals surface area contributed by atoms with Crippen molar-refractivity contribution in [1.29, 1.82) is 0 Å². The molecular formula is C16H21NO2. The van der Waals surface area contributed by atoms with Crippen LogP contribution in [0.15, 0.2) is 36.4 Å². The van der Waals surface area contributed by atoms with Gasteiger partial charge in [-0.2, -0.15) is 0 Å². The van der Waals surface area contributed by atoms with E-state index >= 15 is 0 Å². The number of hydrogen-bond acceptors (Lipinski definition) is 3. The molecule has 0 amide bonds. The Morgan fingerprint density at radius 2 is 1.63 bits per heavy atom. The summed E-state index contributed by atoms with van der Waals surface area (Å²) in [5, 5.41) is 2.37. The molecule has 0 fully saturated rings. The second-order valence-corrected chi connectivity index (χ2v) is 4.39. The molecule has 0 spiro atoms. The molecule has 0 aliphatic rings. The number of rotatable bonds is 6. The van der Waals surface area contributed by atoms with Crippen molar-refractivity contribution in [2.75, 3.05) is 13.2 Å². The monoisotopic (exact) mass is 259 g/mol. The van der Waals surface area contributed by atoms with Gasteiger partial charge in [0.15, 0.2) is 6.29 Å². The molecule has 0 aliphatic heterocycles. The van der Waals surface area contributed by atoms with Gasteiger partial charge in [0, 0.05) is 25.3 Å². The van der Waals surface area contributed by atoms with E-state index in [9.17, 15) is 0 Å². The fourth-order valence-corrected chi connectivity index (χ4v) is 2.13. The zero-order chi connectivity index (χ0) is 13.7. The molecule has 0 aliphatic carbocycles. The lowest BCUT2D eigenvalue weighted by Crippen LogP contribution is -2.08. The average Bonchev–Trinajstić information content (AvgIpc) is 2.46. The zero-order valence-electron chi connectivity index (χ0n) is 11.6. The molecule has 19 heavy (non-hydrogen) atoms. The quantitative estimate of drug-likeness (QED) is 0.809. The van der Waals surface area contributed by atoms with Crippen molar-refractivity contribution in [3.63, 3.8) is 0 Å². The first-order chi connectivity index (χ1) is 9.28. The van der Waals surface area contributed by atoms with Crippen LogP contribution in [0.5, 0.6) is 0 Å². The molecule has 2 aromatic carbocycles. The van der Waals surface area contributed by atoms with Crippen molar-refractivity contribution >= 4 is 10.8 Å². The maximum Gasteiger partial charge on any atom is 0.183 e. The van der Waals surface area contributed by atoms with Crippen LogP contribution in [0.2, 0.25) is 0 Å². The van der Waals surface area contributed by atoms with Crippen LogP contribution in [0.4, 0.5) is 0 Å². The van der Waals surface area contributed by atoms with Crippen LogP contribution in [0.1, 0.15) is 31.3 Å². The number of nitrogens with two attached hydrogens (primary N) is 1. The molecular weight excluding hydrogens is 238 g/mol. The van der Waals surface area contributed by atoms with Crippen molar-refractivity contribution in [2.45, 2.75) is 26.7 Å². The minimum atomic E-state index is -0.291. The summed E-state index contributed by atoms with van der Waals surface area (Å²) in [6.45, 7) is 5.76. The van der Waals surface area contributed by atoms with Crippen LogP contribution in [-0.2, 0) is 16.0 Å². The maximum absolute atomic E-state index is 5.68. The van der Waals surface area contributed by atoms with E-state index in [2.05, 4.69) is 36.4 Å². The molecule has 2 N–H and O–H groups in total. The molecule has 2 aromatic rings. The molecule has 3 heteroatoms. The van der Waals surface area contributed by atoms with E-state index in [0.717, 1.165) is 11.1 Å². The van der Waals surface area contributed by atoms with Gasteiger partial charge in [0.05, 0.1) is 0 Å². The van der Waals surface area contributed by atoms with Crippen molar-refractivity contribution in [1.82, 2.24) is 0 Å². The Labute approximate surface area is 114 Å². The molecule has 0 unspecified atom stereocenters. The molecule has 0 saturated carbocycles. The smallest absolute Gasteiger partial charge is 0.183 e. The lowest BCUT2D eigenvalue weighted by molar-refractivity contribution is -0.140. The van der Waals surface area contributed by atoms with Gasteiger partial charge >= 0.3 is 0 Å². The van der Waals surface area contributed by atoms with Gasteiger partial charge in [0.1, 0.15) is 0 Å². The molecule has 3 nitrogen and oxygen atoms in total. The van der Waals surface area contributed by atoms with E-state index in [-0.39, 0.29) is 6.29 Å². The maximum atomic E-state index is 5.68. The summed E-state index contributed by atoms with van der Waals surface area (Å²) in [5.41, 5.74) is 7.86. The van der Waals surface area contributed by atoms with Gasteiger partial charge in [-0.3, -0.25) is 0 Å². The molecule has 0 bridgehead atoms. The highest BCUT2D eigenvalue weighted by atomic mass is 16.7. The van der Waals surface area contributed by atoms with E-state index < -0.39 is 0 Å². The highest BCUT2D eigenvalue weighted by Gasteiger charge is 2.11. The first kappa shape index (κ1) is 14.0. The summed E-state index contributed by atoms with van der Waals surface area (Å²) in [6, 6.07) is 12.5. The lowest BCUT2D eigenvalue weighted by atomic mass is 10.0. The Kier molecular flexibility index (Phi) is 4.91. The highest BCUT2D eigenvalue weighted by molar-refractivity contribution is 5.83. The fourth-order valence-electron chi connectivity index (χ4n) is 2.13. The third-order valence-electron chi connectivity index (χ3n) is 3.07. The summed E-state index contributed by atoms with van der Waals surface area (Å²) in [6.07, 6.45) is -0.291. The van der Waals surface area contributed by atoms with Gasteiger partial charge in [-0.15, -0.1) is 0 Å². The minimum Gasteiger partial charge on any atom is -0.349 e. The number of hydrogen-bond donors (Lipinski definition) is 1. The van der Waals surface area contributed by atoms with Gasteiger partial charge in [0.2, 0.25) is 0 Å². The second-order valence-electron chi connectivity index (χ2n) is 4.39. The summed E-state index contributed by atoms with van der Waals surface area (Å²) in [4.78, 5) is 0. The predicted octanol–water partition coefficient (Wildman–Crippen LogP) is 3.37. The third kappa shape index (κ3) is 3.32. The summed E-state index contributed by atoms with van der Waals surface area (Å²) in [7, 11) is 0. The average molecular weight is 259 g/mol. The van der Waals surface area contributed by atoms with Gasteiger partial charge in [-0.1, -0.05) is 24.3 Å². The van der Waals surface area contributed by atoms with Gasteiger partial charge in [0.25, 0.3) is 0 Å². The minimum absolute atomic E-state index is 0.291. The van der Waals surface area contributed by atoms with Gasteiger partial charge in [-0.05, 0) is 42.3 Å². The molecule has 0 radical (unpaired) electrons. The van der Waals surface area contributed by atoms with Crippen LogP contribution in [0.25, 0.3) is 10.8 Å². The molecule has 0 atom stereocenters. The third-order valence-corrected chi connectivity index (χ3v) is 3.07. The predicted molar refractivity (Wildman–Crippen MR) is 77.8 cm³/mol. The van der Waals surface area contributed by atoms with Gasteiger partial charge in [-0.25, -0.2) is 0 Å². The number of fused-ring (bicyclic) bond motifs is 1. The normalized spacial score (nSPS) is 11.4. The van der Waals surface area contributed by atoms with E-state index in [1.54, 1.807) is 0 Å². The van der Waals surface area contributed by atoms with E-state index in [1.807, 2.05) is 13.8 Å². The van der Waals surface area contributed by atoms with Crippen LogP contribution >= 0.6 is 0 Å². The largest absolute Gasteiger partial charge is 0.349 e.